The maximum absolute atomic E-state index is 13.2. The van der Waals surface area contributed by atoms with Crippen molar-refractivity contribution in [2.75, 3.05) is 7.11 Å². The lowest BCUT2D eigenvalue weighted by atomic mass is 10.2. The van der Waals surface area contributed by atoms with Crippen molar-refractivity contribution in [3.8, 4) is 0 Å². The summed E-state index contributed by atoms with van der Waals surface area (Å²) >= 11 is 6.08. The SMILES string of the molecule is COP(c1ccc(F)cc1)c1c(C(N)=O)[nH]c2ccc(Cl)cc12. The van der Waals surface area contributed by atoms with Gasteiger partial charge in [0.05, 0.1) is 8.15 Å². The smallest absolute Gasteiger partial charge is 0.265 e. The Kier molecular flexibility index (Phi) is 4.35. The monoisotopic (exact) mass is 350 g/mol. The van der Waals surface area contributed by atoms with Crippen LogP contribution in [0.3, 0.4) is 0 Å². The number of hydrogen-bond donors (Lipinski definition) is 2. The molecule has 0 fully saturated rings. The van der Waals surface area contributed by atoms with Gasteiger partial charge in [0.2, 0.25) is 0 Å². The van der Waals surface area contributed by atoms with Gasteiger partial charge in [-0.3, -0.25) is 4.79 Å². The summed E-state index contributed by atoms with van der Waals surface area (Å²) in [6.45, 7) is 0. The molecule has 1 unspecified atom stereocenters. The van der Waals surface area contributed by atoms with Crippen LogP contribution in [0.2, 0.25) is 5.02 Å². The average molecular weight is 351 g/mol. The molecule has 7 heteroatoms. The van der Waals surface area contributed by atoms with Gasteiger partial charge in [-0.25, -0.2) is 4.39 Å². The van der Waals surface area contributed by atoms with E-state index in [1.807, 2.05) is 0 Å². The van der Waals surface area contributed by atoms with Crippen molar-refractivity contribution in [1.29, 1.82) is 0 Å². The van der Waals surface area contributed by atoms with Crippen LogP contribution >= 0.6 is 19.7 Å². The largest absolute Gasteiger partial charge is 0.364 e. The standard InChI is InChI=1S/C16H13ClFN2O2P/c1-22-23(11-5-3-10(18)4-6-11)15-12-8-9(17)2-7-13(12)20-14(15)16(19)21/h2-8,20H,1H3,(H2,19,21). The minimum atomic E-state index is -1.35. The second-order valence-corrected chi connectivity index (χ2v) is 7.21. The Labute approximate surface area is 138 Å². The predicted octanol–water partition coefficient (Wildman–Crippen LogP) is 3.05. The number of amides is 1. The Bertz CT molecular complexity index is 880. The van der Waals surface area contributed by atoms with E-state index >= 15 is 0 Å². The molecule has 118 valence electrons. The fraction of sp³-hybridized carbons (Fsp3) is 0.0625. The molecule has 0 aliphatic carbocycles. The number of nitrogens with two attached hydrogens (primary N) is 1. The number of fused-ring (bicyclic) bond motifs is 1. The quantitative estimate of drug-likeness (QED) is 0.710. The Balaban J connectivity index is 2.26. The van der Waals surface area contributed by atoms with Crippen molar-refractivity contribution in [2.24, 2.45) is 5.73 Å². The molecule has 0 spiro atoms. The molecule has 1 atom stereocenters. The van der Waals surface area contributed by atoms with E-state index in [0.717, 1.165) is 16.2 Å². The summed E-state index contributed by atoms with van der Waals surface area (Å²) in [7, 11) is 0.198. The van der Waals surface area contributed by atoms with Gasteiger partial charge in [-0.15, -0.1) is 0 Å². The topological polar surface area (TPSA) is 68.1 Å². The summed E-state index contributed by atoms with van der Waals surface area (Å²) in [6.07, 6.45) is 0. The lowest BCUT2D eigenvalue weighted by Crippen LogP contribution is -2.23. The van der Waals surface area contributed by atoms with Crippen LogP contribution in [0.1, 0.15) is 10.5 Å². The summed E-state index contributed by atoms with van der Waals surface area (Å²) < 4.78 is 18.8. The second kappa shape index (κ2) is 6.28. The number of hydrogen-bond acceptors (Lipinski definition) is 2. The summed E-state index contributed by atoms with van der Waals surface area (Å²) in [5, 5.41) is 2.73. The number of halogens is 2. The normalized spacial score (nSPS) is 12.5. The van der Waals surface area contributed by atoms with Crippen molar-refractivity contribution >= 4 is 47.2 Å². The van der Waals surface area contributed by atoms with E-state index in [0.29, 0.717) is 10.3 Å². The maximum Gasteiger partial charge on any atom is 0.265 e. The number of aromatic amines is 1. The number of carbonyl (C=O) groups excluding carboxylic acids is 1. The molecule has 0 bridgehead atoms. The highest BCUT2D eigenvalue weighted by Gasteiger charge is 2.25. The predicted molar refractivity (Wildman–Crippen MR) is 91.4 cm³/mol. The van der Waals surface area contributed by atoms with E-state index in [4.69, 9.17) is 21.9 Å². The molecule has 0 saturated heterocycles. The van der Waals surface area contributed by atoms with Crippen LogP contribution in [0.5, 0.6) is 0 Å². The zero-order valence-electron chi connectivity index (χ0n) is 12.1. The molecule has 1 heterocycles. The molecule has 2 aromatic carbocycles. The molecule has 1 aromatic heterocycles. The maximum atomic E-state index is 13.2. The van der Waals surface area contributed by atoms with Gasteiger partial charge >= 0.3 is 0 Å². The fourth-order valence-corrected chi connectivity index (χ4v) is 4.46. The van der Waals surface area contributed by atoms with Crippen LogP contribution in [0, 0.1) is 5.82 Å². The van der Waals surface area contributed by atoms with Gasteiger partial charge in [-0.2, -0.15) is 0 Å². The van der Waals surface area contributed by atoms with Crippen LogP contribution in [0.15, 0.2) is 42.5 Å². The zero-order chi connectivity index (χ0) is 16.6. The van der Waals surface area contributed by atoms with Crippen LogP contribution in [-0.4, -0.2) is 18.0 Å². The first kappa shape index (κ1) is 15.9. The van der Waals surface area contributed by atoms with Gasteiger partial charge in [-0.05, 0) is 42.5 Å². The molecule has 0 saturated carbocycles. The van der Waals surface area contributed by atoms with E-state index in [1.54, 1.807) is 37.4 Å². The fourth-order valence-electron chi connectivity index (χ4n) is 2.44. The number of benzene rings is 2. The molecule has 3 N–H and O–H groups in total. The number of nitrogens with one attached hydrogen (secondary N) is 1. The number of primary amides is 1. The van der Waals surface area contributed by atoms with E-state index in [9.17, 15) is 9.18 Å². The number of carbonyl (C=O) groups is 1. The minimum Gasteiger partial charge on any atom is -0.364 e. The van der Waals surface area contributed by atoms with E-state index in [2.05, 4.69) is 4.98 Å². The molecule has 0 aliphatic heterocycles. The number of aromatic nitrogens is 1. The highest BCUT2D eigenvalue weighted by atomic mass is 35.5. The van der Waals surface area contributed by atoms with E-state index in [1.165, 1.54) is 12.1 Å². The highest BCUT2D eigenvalue weighted by molar-refractivity contribution is 7.69. The first-order valence-electron chi connectivity index (χ1n) is 6.72. The molecule has 0 aliphatic rings. The third kappa shape index (κ3) is 2.95. The van der Waals surface area contributed by atoms with Crippen LogP contribution in [0.25, 0.3) is 10.9 Å². The van der Waals surface area contributed by atoms with Crippen LogP contribution < -0.4 is 16.3 Å². The van der Waals surface area contributed by atoms with Gasteiger partial charge in [0, 0.05) is 33.6 Å². The average Bonchev–Trinajstić information content (AvgIpc) is 2.89. The van der Waals surface area contributed by atoms with Crippen LogP contribution in [-0.2, 0) is 4.52 Å². The third-order valence-corrected chi connectivity index (χ3v) is 5.66. The molecule has 23 heavy (non-hydrogen) atoms. The minimum absolute atomic E-state index is 0.277. The van der Waals surface area contributed by atoms with Crippen molar-refractivity contribution in [3.05, 3.63) is 59.0 Å². The zero-order valence-corrected chi connectivity index (χ0v) is 13.8. The lowest BCUT2D eigenvalue weighted by molar-refractivity contribution is 0.0997. The van der Waals surface area contributed by atoms with Crippen molar-refractivity contribution < 1.29 is 13.7 Å². The van der Waals surface area contributed by atoms with Crippen LogP contribution in [0.4, 0.5) is 4.39 Å². The Morgan fingerprint density at radius 1 is 1.26 bits per heavy atom. The number of H-pyrrole nitrogens is 1. The molecular weight excluding hydrogens is 338 g/mol. The number of rotatable bonds is 4. The van der Waals surface area contributed by atoms with Crippen molar-refractivity contribution in [2.45, 2.75) is 0 Å². The molecule has 0 radical (unpaired) electrons. The molecule has 4 nitrogen and oxygen atoms in total. The summed E-state index contributed by atoms with van der Waals surface area (Å²) in [5.41, 5.74) is 6.52. The van der Waals surface area contributed by atoms with E-state index < -0.39 is 14.1 Å². The summed E-state index contributed by atoms with van der Waals surface area (Å²) in [5.74, 6) is -0.920. The van der Waals surface area contributed by atoms with Gasteiger partial charge in [-0.1, -0.05) is 11.6 Å². The first-order valence-corrected chi connectivity index (χ1v) is 8.36. The Morgan fingerprint density at radius 3 is 2.57 bits per heavy atom. The van der Waals surface area contributed by atoms with Gasteiger partial charge in [0.15, 0.2) is 0 Å². The first-order chi connectivity index (χ1) is 11.0. The highest BCUT2D eigenvalue weighted by Crippen LogP contribution is 2.38. The lowest BCUT2D eigenvalue weighted by Gasteiger charge is -2.16. The van der Waals surface area contributed by atoms with Gasteiger partial charge in [0.25, 0.3) is 5.91 Å². The Morgan fingerprint density at radius 2 is 1.96 bits per heavy atom. The second-order valence-electron chi connectivity index (χ2n) is 4.86. The molecule has 3 aromatic rings. The molecule has 3 rings (SSSR count). The van der Waals surface area contributed by atoms with Gasteiger partial charge in [0.1, 0.15) is 11.5 Å². The summed E-state index contributed by atoms with van der Waals surface area (Å²) in [4.78, 5) is 14.9. The third-order valence-electron chi connectivity index (χ3n) is 3.43. The van der Waals surface area contributed by atoms with E-state index in [-0.39, 0.29) is 11.5 Å². The summed E-state index contributed by atoms with van der Waals surface area (Å²) in [6, 6.07) is 11.2. The van der Waals surface area contributed by atoms with Gasteiger partial charge < -0.3 is 15.2 Å². The van der Waals surface area contributed by atoms with Crippen molar-refractivity contribution in [3.63, 3.8) is 0 Å². The molecule has 1 amide bonds. The van der Waals surface area contributed by atoms with Crippen molar-refractivity contribution in [1.82, 2.24) is 4.98 Å². The molecular formula is C16H13ClFN2O2P. The Hall–Kier alpha value is -1.94.